The fourth-order valence-electron chi connectivity index (χ4n) is 1.70. The minimum Gasteiger partial charge on any atom is -0.478 e. The molecule has 0 aliphatic rings. The van der Waals surface area contributed by atoms with Crippen LogP contribution >= 0.6 is 0 Å². The molecule has 0 bridgehead atoms. The van der Waals surface area contributed by atoms with E-state index in [0.717, 1.165) is 32.6 Å². The first kappa shape index (κ1) is 14.7. The van der Waals surface area contributed by atoms with Crippen molar-refractivity contribution in [2.24, 2.45) is 0 Å². The van der Waals surface area contributed by atoms with E-state index in [0.29, 0.717) is 18.4 Å². The number of nitrogens with one attached hydrogen (secondary N) is 1. The van der Waals surface area contributed by atoms with Crippen molar-refractivity contribution in [1.29, 1.82) is 0 Å². The normalized spacial score (nSPS) is 10.7. The molecule has 1 heterocycles. The second kappa shape index (κ2) is 8.69. The van der Waals surface area contributed by atoms with Gasteiger partial charge < -0.3 is 15.0 Å². The summed E-state index contributed by atoms with van der Waals surface area (Å²) >= 11 is 0. The Bertz CT molecular complexity index is 329. The fraction of sp³-hybridized carbons (Fsp3) is 0.692. The quantitative estimate of drug-likeness (QED) is 0.681. The van der Waals surface area contributed by atoms with Gasteiger partial charge in [0, 0.05) is 18.8 Å². The molecule has 5 nitrogen and oxygen atoms in total. The highest BCUT2D eigenvalue weighted by Gasteiger charge is 2.00. The van der Waals surface area contributed by atoms with Gasteiger partial charge in [-0.25, -0.2) is 4.98 Å². The summed E-state index contributed by atoms with van der Waals surface area (Å²) in [5, 5.41) is 3.22. The van der Waals surface area contributed by atoms with Gasteiger partial charge in [0.15, 0.2) is 0 Å². The second-order valence-electron chi connectivity index (χ2n) is 3.96. The van der Waals surface area contributed by atoms with Gasteiger partial charge in [-0.15, -0.1) is 0 Å². The van der Waals surface area contributed by atoms with Crippen molar-refractivity contribution in [1.82, 2.24) is 14.9 Å². The summed E-state index contributed by atoms with van der Waals surface area (Å²) in [6.45, 7) is 11.1. The lowest BCUT2D eigenvalue weighted by atomic mass is 10.3. The molecule has 0 spiro atoms. The van der Waals surface area contributed by atoms with Crippen LogP contribution in [0.1, 0.15) is 27.2 Å². The third-order valence-corrected chi connectivity index (χ3v) is 2.75. The van der Waals surface area contributed by atoms with E-state index < -0.39 is 0 Å². The van der Waals surface area contributed by atoms with Gasteiger partial charge in [-0.2, -0.15) is 4.98 Å². The van der Waals surface area contributed by atoms with Crippen LogP contribution in [0, 0.1) is 0 Å². The molecular formula is C13H24N4O. The Morgan fingerprint density at radius 3 is 2.72 bits per heavy atom. The van der Waals surface area contributed by atoms with Crippen LogP contribution in [0.5, 0.6) is 5.88 Å². The highest BCUT2D eigenvalue weighted by molar-refractivity contribution is 5.27. The van der Waals surface area contributed by atoms with Crippen LogP contribution in [0.25, 0.3) is 0 Å². The number of aromatic nitrogens is 2. The molecule has 1 aromatic rings. The Kier molecular flexibility index (Phi) is 7.10. The Labute approximate surface area is 110 Å². The van der Waals surface area contributed by atoms with E-state index in [1.54, 1.807) is 12.3 Å². The minimum atomic E-state index is 0.623. The molecule has 1 aromatic heterocycles. The van der Waals surface area contributed by atoms with Gasteiger partial charge in [-0.05, 0) is 33.0 Å². The summed E-state index contributed by atoms with van der Waals surface area (Å²) in [7, 11) is 0. The van der Waals surface area contributed by atoms with Gasteiger partial charge in [0.2, 0.25) is 11.8 Å². The molecule has 0 aliphatic heterocycles. The Morgan fingerprint density at radius 2 is 2.06 bits per heavy atom. The molecule has 1 rings (SSSR count). The van der Waals surface area contributed by atoms with E-state index in [2.05, 4.69) is 34.0 Å². The smallest absolute Gasteiger partial charge is 0.225 e. The Hall–Kier alpha value is -1.36. The molecular weight excluding hydrogens is 228 g/mol. The van der Waals surface area contributed by atoms with Crippen molar-refractivity contribution in [2.45, 2.75) is 27.2 Å². The van der Waals surface area contributed by atoms with Gasteiger partial charge in [-0.3, -0.25) is 0 Å². The molecule has 0 amide bonds. The first-order chi connectivity index (χ1) is 8.80. The molecule has 18 heavy (non-hydrogen) atoms. The average Bonchev–Trinajstić information content (AvgIpc) is 2.40. The third kappa shape index (κ3) is 5.31. The monoisotopic (exact) mass is 252 g/mol. The van der Waals surface area contributed by atoms with Crippen molar-refractivity contribution >= 4 is 5.95 Å². The molecule has 1 N–H and O–H groups in total. The average molecular weight is 252 g/mol. The molecule has 0 saturated carbocycles. The summed E-state index contributed by atoms with van der Waals surface area (Å²) in [5.41, 5.74) is 0. The molecule has 102 valence electrons. The SMILES string of the molecule is CCOc1ccnc(NCCCN(CC)CC)n1. The van der Waals surface area contributed by atoms with Gasteiger partial charge in [-0.1, -0.05) is 13.8 Å². The van der Waals surface area contributed by atoms with Crippen LogP contribution in [0.15, 0.2) is 12.3 Å². The molecule has 0 radical (unpaired) electrons. The van der Waals surface area contributed by atoms with E-state index in [9.17, 15) is 0 Å². The largest absolute Gasteiger partial charge is 0.478 e. The maximum atomic E-state index is 5.33. The summed E-state index contributed by atoms with van der Waals surface area (Å²) in [5.74, 6) is 1.26. The third-order valence-electron chi connectivity index (χ3n) is 2.75. The van der Waals surface area contributed by atoms with Crippen LogP contribution in [0.2, 0.25) is 0 Å². The highest BCUT2D eigenvalue weighted by atomic mass is 16.5. The lowest BCUT2D eigenvalue weighted by Gasteiger charge is -2.17. The van der Waals surface area contributed by atoms with Crippen LogP contribution in [0.4, 0.5) is 5.95 Å². The molecule has 0 aliphatic carbocycles. The van der Waals surface area contributed by atoms with Crippen LogP contribution < -0.4 is 10.1 Å². The molecule has 5 heteroatoms. The second-order valence-corrected chi connectivity index (χ2v) is 3.96. The Balaban J connectivity index is 2.28. The lowest BCUT2D eigenvalue weighted by Crippen LogP contribution is -2.25. The zero-order chi connectivity index (χ0) is 13.2. The molecule has 0 fully saturated rings. The number of ether oxygens (including phenoxy) is 1. The topological polar surface area (TPSA) is 50.3 Å². The maximum absolute atomic E-state index is 5.33. The number of hydrogen-bond acceptors (Lipinski definition) is 5. The fourth-order valence-corrected chi connectivity index (χ4v) is 1.70. The summed E-state index contributed by atoms with van der Waals surface area (Å²) in [6.07, 6.45) is 2.80. The lowest BCUT2D eigenvalue weighted by molar-refractivity contribution is 0.303. The first-order valence-corrected chi connectivity index (χ1v) is 6.72. The minimum absolute atomic E-state index is 0.623. The van der Waals surface area contributed by atoms with Crippen LogP contribution in [0.3, 0.4) is 0 Å². The van der Waals surface area contributed by atoms with Gasteiger partial charge in [0.1, 0.15) is 0 Å². The van der Waals surface area contributed by atoms with E-state index in [-0.39, 0.29) is 0 Å². The van der Waals surface area contributed by atoms with Crippen LogP contribution in [-0.4, -0.2) is 47.7 Å². The van der Waals surface area contributed by atoms with E-state index >= 15 is 0 Å². The molecule has 0 aromatic carbocycles. The summed E-state index contributed by atoms with van der Waals surface area (Å²) in [6, 6.07) is 1.77. The van der Waals surface area contributed by atoms with Gasteiger partial charge in [0.25, 0.3) is 0 Å². The summed E-state index contributed by atoms with van der Waals surface area (Å²) < 4.78 is 5.33. The maximum Gasteiger partial charge on any atom is 0.225 e. The van der Waals surface area contributed by atoms with Crippen LogP contribution in [-0.2, 0) is 0 Å². The predicted molar refractivity (Wildman–Crippen MR) is 74.1 cm³/mol. The van der Waals surface area contributed by atoms with Gasteiger partial charge >= 0.3 is 0 Å². The van der Waals surface area contributed by atoms with Crippen molar-refractivity contribution in [3.05, 3.63) is 12.3 Å². The highest BCUT2D eigenvalue weighted by Crippen LogP contribution is 2.07. The first-order valence-electron chi connectivity index (χ1n) is 6.72. The van der Waals surface area contributed by atoms with Crippen molar-refractivity contribution in [3.63, 3.8) is 0 Å². The summed E-state index contributed by atoms with van der Waals surface area (Å²) in [4.78, 5) is 10.8. The van der Waals surface area contributed by atoms with Crippen molar-refractivity contribution in [2.75, 3.05) is 38.1 Å². The Morgan fingerprint density at radius 1 is 1.28 bits per heavy atom. The van der Waals surface area contributed by atoms with Gasteiger partial charge in [0.05, 0.1) is 6.61 Å². The van der Waals surface area contributed by atoms with E-state index in [1.807, 2.05) is 6.92 Å². The zero-order valence-corrected chi connectivity index (χ0v) is 11.6. The number of rotatable bonds is 9. The zero-order valence-electron chi connectivity index (χ0n) is 11.6. The number of anilines is 1. The molecule has 0 atom stereocenters. The number of nitrogens with zero attached hydrogens (tertiary/aromatic N) is 3. The molecule has 0 saturated heterocycles. The number of hydrogen-bond donors (Lipinski definition) is 1. The van der Waals surface area contributed by atoms with Crippen molar-refractivity contribution in [3.8, 4) is 5.88 Å². The van der Waals surface area contributed by atoms with E-state index in [1.165, 1.54) is 0 Å². The predicted octanol–water partition coefficient (Wildman–Crippen LogP) is 2.02. The van der Waals surface area contributed by atoms with Crippen molar-refractivity contribution < 1.29 is 4.74 Å². The molecule has 0 unspecified atom stereocenters. The standard InChI is InChI=1S/C13H24N4O/c1-4-17(5-2)11-7-9-14-13-15-10-8-12(16-13)18-6-3/h8,10H,4-7,9,11H2,1-3H3,(H,14,15,16). The van der Waals surface area contributed by atoms with E-state index in [4.69, 9.17) is 4.74 Å².